The number of carbonyl (C=O) groups is 4. The molecular weight excluding hydrogens is 408 g/mol. The second-order valence-corrected chi connectivity index (χ2v) is 6.38. The van der Waals surface area contributed by atoms with E-state index in [9.17, 15) is 19.5 Å². The maximum Gasteiger partial charge on any atom is 0.326 e. The van der Waals surface area contributed by atoms with Gasteiger partial charge in [0.2, 0.25) is 11.8 Å². The van der Waals surface area contributed by atoms with E-state index in [2.05, 4.69) is 15.6 Å². The van der Waals surface area contributed by atoms with Gasteiger partial charge in [-0.05, 0) is 18.4 Å². The lowest BCUT2D eigenvalue weighted by molar-refractivity contribution is -0.142. The van der Waals surface area contributed by atoms with Crippen LogP contribution in [-0.2, 0) is 25.6 Å². The van der Waals surface area contributed by atoms with Gasteiger partial charge in [-0.2, -0.15) is 0 Å². The summed E-state index contributed by atoms with van der Waals surface area (Å²) in [6, 6.07) is 6.98. The molecule has 2 amide bonds. The first-order valence-corrected chi connectivity index (χ1v) is 9.38. The van der Waals surface area contributed by atoms with Crippen LogP contribution in [0.2, 0.25) is 0 Å². The fourth-order valence-electron chi connectivity index (χ4n) is 2.35. The first-order chi connectivity index (χ1) is 14.6. The van der Waals surface area contributed by atoms with Crippen molar-refractivity contribution >= 4 is 29.7 Å². The molecule has 0 spiro atoms. The van der Waals surface area contributed by atoms with E-state index in [1.807, 2.05) is 6.07 Å². The highest BCUT2D eigenvalue weighted by atomic mass is 16.4. The fourth-order valence-corrected chi connectivity index (χ4v) is 2.35. The van der Waals surface area contributed by atoms with Crippen molar-refractivity contribution in [2.75, 3.05) is 13.1 Å². The molecule has 1 rings (SSSR count). The highest BCUT2D eigenvalue weighted by Crippen LogP contribution is 2.05. The number of benzene rings is 1. The average molecular weight is 438 g/mol. The van der Waals surface area contributed by atoms with Crippen molar-refractivity contribution < 1.29 is 29.4 Å². The summed E-state index contributed by atoms with van der Waals surface area (Å²) in [6.07, 6.45) is 0.715. The highest BCUT2D eigenvalue weighted by Gasteiger charge is 2.26. The molecule has 1 aromatic rings. The third-order valence-corrected chi connectivity index (χ3v) is 3.68. The molecule has 0 saturated carbocycles. The second kappa shape index (κ2) is 15.2. The zero-order valence-electron chi connectivity index (χ0n) is 17.3. The zero-order chi connectivity index (χ0) is 23.8. The van der Waals surface area contributed by atoms with Gasteiger partial charge < -0.3 is 38.0 Å². The number of amides is 2. The van der Waals surface area contributed by atoms with Crippen LogP contribution in [0.4, 0.5) is 0 Å². The van der Waals surface area contributed by atoms with Gasteiger partial charge in [0, 0.05) is 19.9 Å². The first kappa shape index (κ1) is 27.3. The molecule has 0 aromatic heterocycles. The number of hydrogen-bond acceptors (Lipinski definition) is 6. The molecule has 31 heavy (non-hydrogen) atoms. The van der Waals surface area contributed by atoms with Gasteiger partial charge in [0.15, 0.2) is 5.96 Å². The number of aliphatic carboxylic acids is 2. The monoisotopic (exact) mass is 438 g/mol. The molecule has 1 aromatic carbocycles. The number of carboxylic acid groups (broad SMARTS) is 2. The van der Waals surface area contributed by atoms with Crippen LogP contribution < -0.4 is 27.8 Å². The number of carbonyl (C=O) groups excluding carboxylic acids is 2. The minimum absolute atomic E-state index is 0.0849. The van der Waals surface area contributed by atoms with Gasteiger partial charge in [-0.1, -0.05) is 30.3 Å². The second-order valence-electron chi connectivity index (χ2n) is 6.38. The van der Waals surface area contributed by atoms with Gasteiger partial charge in [-0.15, -0.1) is 0 Å². The van der Waals surface area contributed by atoms with Crippen LogP contribution in [0.15, 0.2) is 35.3 Å². The van der Waals surface area contributed by atoms with Crippen molar-refractivity contribution in [1.82, 2.24) is 10.6 Å². The molecule has 10 N–H and O–H groups in total. The van der Waals surface area contributed by atoms with Crippen molar-refractivity contribution in [3.05, 3.63) is 35.9 Å². The topological polar surface area (TPSA) is 223 Å². The summed E-state index contributed by atoms with van der Waals surface area (Å²) in [5.74, 6) is -3.21. The summed E-state index contributed by atoms with van der Waals surface area (Å²) in [6.45, 7) is 1.05. The van der Waals surface area contributed by atoms with E-state index in [1.54, 1.807) is 24.3 Å². The van der Waals surface area contributed by atoms with Crippen molar-refractivity contribution in [3.63, 3.8) is 0 Å². The quantitative estimate of drug-likeness (QED) is 0.120. The van der Waals surface area contributed by atoms with E-state index in [0.717, 1.165) is 12.5 Å². The van der Waals surface area contributed by atoms with Crippen LogP contribution in [-0.4, -0.2) is 65.1 Å². The average Bonchev–Trinajstić information content (AvgIpc) is 2.69. The number of aliphatic imine (C=N–C) groups is 1. The zero-order valence-corrected chi connectivity index (χ0v) is 17.3. The molecule has 172 valence electrons. The van der Waals surface area contributed by atoms with Crippen LogP contribution in [0.25, 0.3) is 0 Å². The van der Waals surface area contributed by atoms with Crippen molar-refractivity contribution in [3.8, 4) is 0 Å². The molecule has 0 unspecified atom stereocenters. The largest absolute Gasteiger partial charge is 0.481 e. The number of nitrogens with one attached hydrogen (secondary N) is 2. The third-order valence-electron chi connectivity index (χ3n) is 3.68. The van der Waals surface area contributed by atoms with Gasteiger partial charge in [0.1, 0.15) is 12.1 Å². The number of nitrogens with two attached hydrogens (primary N) is 3. The third kappa shape index (κ3) is 14.0. The normalized spacial score (nSPS) is 11.7. The van der Waals surface area contributed by atoms with Gasteiger partial charge in [-0.25, -0.2) is 4.79 Å². The Morgan fingerprint density at radius 1 is 1.03 bits per heavy atom. The number of hydrogen-bond donors (Lipinski definition) is 7. The minimum Gasteiger partial charge on any atom is -0.481 e. The maximum atomic E-state index is 12.6. The molecule has 0 aliphatic heterocycles. The Morgan fingerprint density at radius 3 is 2.10 bits per heavy atom. The summed E-state index contributed by atoms with van der Waals surface area (Å²) in [5, 5.41) is 21.7. The Bertz CT molecular complexity index is 748. The van der Waals surface area contributed by atoms with E-state index in [1.165, 1.54) is 0 Å². The molecular formula is C19H30N6O6. The van der Waals surface area contributed by atoms with E-state index in [-0.39, 0.29) is 31.9 Å². The first-order valence-electron chi connectivity index (χ1n) is 9.38. The van der Waals surface area contributed by atoms with Crippen molar-refractivity contribution in [2.45, 2.75) is 38.3 Å². The fraction of sp³-hybridized carbons (Fsp3) is 0.421. The molecule has 0 aliphatic rings. The maximum absolute atomic E-state index is 12.6. The lowest BCUT2D eigenvalue weighted by atomic mass is 10.0. The van der Waals surface area contributed by atoms with Crippen LogP contribution in [0.3, 0.4) is 0 Å². The summed E-state index contributed by atoms with van der Waals surface area (Å²) >= 11 is 0. The van der Waals surface area contributed by atoms with Gasteiger partial charge in [0.05, 0.1) is 6.54 Å². The van der Waals surface area contributed by atoms with Gasteiger partial charge in [0.25, 0.3) is 5.97 Å². The predicted molar refractivity (Wildman–Crippen MR) is 114 cm³/mol. The Kier molecular flexibility index (Phi) is 13.4. The standard InChI is InChI=1S/C17H26N6O4.C2H4O2/c18-10-14(24)22-13(9-11-5-2-1-3-6-11)15(25)23-12(16(26)27)7-4-8-21-17(19)20;1-2(3)4/h1-3,5-6,12-13H,4,7-10,18H2,(H,22,24)(H,23,25)(H,26,27)(H4,19,20,21);1H3,(H,3,4)/t12-,13+;/m0./s1. The van der Waals surface area contributed by atoms with E-state index >= 15 is 0 Å². The molecule has 2 atom stereocenters. The summed E-state index contributed by atoms with van der Waals surface area (Å²) < 4.78 is 0. The molecule has 0 saturated heterocycles. The Hall–Kier alpha value is -3.67. The molecule has 12 nitrogen and oxygen atoms in total. The van der Waals surface area contributed by atoms with Crippen LogP contribution in [0.1, 0.15) is 25.3 Å². The van der Waals surface area contributed by atoms with Gasteiger partial charge in [-0.3, -0.25) is 19.4 Å². The molecule has 0 radical (unpaired) electrons. The Morgan fingerprint density at radius 2 is 1.61 bits per heavy atom. The molecule has 0 fully saturated rings. The predicted octanol–water partition coefficient (Wildman–Crippen LogP) is -1.61. The summed E-state index contributed by atoms with van der Waals surface area (Å²) in [7, 11) is 0. The van der Waals surface area contributed by atoms with Crippen LogP contribution in [0.5, 0.6) is 0 Å². The molecule has 0 bridgehead atoms. The minimum atomic E-state index is -1.18. The lowest BCUT2D eigenvalue weighted by Gasteiger charge is -2.21. The molecule has 0 heterocycles. The number of rotatable bonds is 11. The number of carboxylic acids is 2. The number of nitrogens with zero attached hydrogens (tertiary/aromatic N) is 1. The van der Waals surface area contributed by atoms with Crippen molar-refractivity contribution in [2.24, 2.45) is 22.2 Å². The Labute approximate surface area is 179 Å². The highest BCUT2D eigenvalue weighted by molar-refractivity contribution is 5.91. The van der Waals surface area contributed by atoms with E-state index in [0.29, 0.717) is 6.42 Å². The number of guanidine groups is 1. The summed E-state index contributed by atoms with van der Waals surface area (Å²) in [4.78, 5) is 48.4. The SMILES string of the molecule is CC(=O)O.NCC(=O)N[C@H](Cc1ccccc1)C(=O)N[C@@H](CCCN=C(N)N)C(=O)O. The summed E-state index contributed by atoms with van der Waals surface area (Å²) in [5.41, 5.74) is 16.5. The van der Waals surface area contributed by atoms with Crippen LogP contribution in [0, 0.1) is 0 Å². The molecule has 12 heteroatoms. The lowest BCUT2D eigenvalue weighted by Crippen LogP contribution is -2.53. The Balaban J connectivity index is 0.00000206. The molecule has 0 aliphatic carbocycles. The van der Waals surface area contributed by atoms with Crippen molar-refractivity contribution in [1.29, 1.82) is 0 Å². The smallest absolute Gasteiger partial charge is 0.326 e. The van der Waals surface area contributed by atoms with Gasteiger partial charge >= 0.3 is 5.97 Å². The van der Waals surface area contributed by atoms with E-state index < -0.39 is 35.8 Å². The van der Waals surface area contributed by atoms with E-state index in [4.69, 9.17) is 27.1 Å². The van der Waals surface area contributed by atoms with Crippen LogP contribution >= 0.6 is 0 Å².